The molecule has 3 rings (SSSR count). The molecule has 0 aliphatic rings. The lowest BCUT2D eigenvalue weighted by atomic mass is 9.96. The average molecular weight is 360 g/mol. The number of aryl methyl sites for hydroxylation is 2. The molecule has 0 saturated heterocycles. The van der Waals surface area contributed by atoms with Crippen molar-refractivity contribution in [3.05, 3.63) is 81.3 Å². The van der Waals surface area contributed by atoms with Crippen LogP contribution in [0.3, 0.4) is 0 Å². The van der Waals surface area contributed by atoms with Crippen LogP contribution >= 0.6 is 27.5 Å². The van der Waals surface area contributed by atoms with Crippen molar-refractivity contribution in [1.29, 1.82) is 0 Å². The van der Waals surface area contributed by atoms with Crippen molar-refractivity contribution in [2.75, 3.05) is 0 Å². The molecule has 0 fully saturated rings. The zero-order chi connectivity index (χ0) is 15.0. The van der Waals surface area contributed by atoms with E-state index >= 15 is 0 Å². The minimum Gasteiger partial charge on any atom is -0.113 e. The molecule has 3 aromatic carbocycles. The lowest BCUT2D eigenvalue weighted by Gasteiger charge is -2.15. The van der Waals surface area contributed by atoms with Crippen LogP contribution in [0.2, 0.25) is 0 Å². The quantitative estimate of drug-likeness (QED) is 0.455. The van der Waals surface area contributed by atoms with Crippen LogP contribution in [-0.4, -0.2) is 0 Å². The maximum absolute atomic E-state index is 6.77. The average Bonchev–Trinajstić information content (AvgIpc) is 2.50. The summed E-state index contributed by atoms with van der Waals surface area (Å²) in [4.78, 5) is 0. The second kappa shape index (κ2) is 5.82. The van der Waals surface area contributed by atoms with Gasteiger partial charge in [0.1, 0.15) is 0 Å². The summed E-state index contributed by atoms with van der Waals surface area (Å²) in [5.74, 6) is 0. The third kappa shape index (κ3) is 2.73. The molecule has 1 atom stereocenters. The Kier molecular flexibility index (Phi) is 4.05. The summed E-state index contributed by atoms with van der Waals surface area (Å²) in [6.45, 7) is 4.25. The molecule has 0 aliphatic carbocycles. The molecule has 0 spiro atoms. The zero-order valence-corrected chi connectivity index (χ0v) is 14.4. The van der Waals surface area contributed by atoms with Gasteiger partial charge in [0.05, 0.1) is 5.38 Å². The summed E-state index contributed by atoms with van der Waals surface area (Å²) in [5.41, 5.74) is 4.87. The normalized spacial score (nSPS) is 12.6. The zero-order valence-electron chi connectivity index (χ0n) is 12.0. The number of hydrogen-bond donors (Lipinski definition) is 0. The van der Waals surface area contributed by atoms with Crippen LogP contribution in [0.1, 0.15) is 27.6 Å². The monoisotopic (exact) mass is 358 g/mol. The number of alkyl halides is 1. The summed E-state index contributed by atoms with van der Waals surface area (Å²) in [6, 6.07) is 19.0. The van der Waals surface area contributed by atoms with E-state index in [-0.39, 0.29) is 5.38 Å². The summed E-state index contributed by atoms with van der Waals surface area (Å²) >= 11 is 10.4. The standard InChI is InChI=1S/C19H16BrCl/c1-12-7-8-14(11-13(12)2)19(21)17-9-10-18(20)16-6-4-3-5-15(16)17/h3-11,19H,1-2H3. The fourth-order valence-corrected chi connectivity index (χ4v) is 3.41. The van der Waals surface area contributed by atoms with Crippen LogP contribution < -0.4 is 0 Å². The Morgan fingerprint density at radius 2 is 1.57 bits per heavy atom. The predicted octanol–water partition coefficient (Wildman–Crippen LogP) is 6.55. The van der Waals surface area contributed by atoms with Crippen molar-refractivity contribution in [2.24, 2.45) is 0 Å². The smallest absolute Gasteiger partial charge is 0.0841 e. The number of benzene rings is 3. The Labute approximate surface area is 138 Å². The van der Waals surface area contributed by atoms with Gasteiger partial charge in [0.15, 0.2) is 0 Å². The van der Waals surface area contributed by atoms with Crippen LogP contribution in [0.4, 0.5) is 0 Å². The molecule has 2 heteroatoms. The Morgan fingerprint density at radius 3 is 2.29 bits per heavy atom. The molecule has 21 heavy (non-hydrogen) atoms. The first kappa shape index (κ1) is 14.6. The topological polar surface area (TPSA) is 0 Å². The fraction of sp³-hybridized carbons (Fsp3) is 0.158. The SMILES string of the molecule is Cc1ccc(C(Cl)c2ccc(Br)c3ccccc23)cc1C. The Hall–Kier alpha value is -1.31. The van der Waals surface area contributed by atoms with Gasteiger partial charge in [-0.3, -0.25) is 0 Å². The molecule has 0 amide bonds. The highest BCUT2D eigenvalue weighted by molar-refractivity contribution is 9.10. The second-order valence-electron chi connectivity index (χ2n) is 5.39. The maximum atomic E-state index is 6.77. The van der Waals surface area contributed by atoms with Gasteiger partial charge in [-0.05, 0) is 52.9 Å². The van der Waals surface area contributed by atoms with Crippen molar-refractivity contribution >= 4 is 38.3 Å². The molecule has 0 aromatic heterocycles. The third-order valence-corrected chi connectivity index (χ3v) is 5.18. The Morgan fingerprint density at radius 1 is 0.857 bits per heavy atom. The van der Waals surface area contributed by atoms with E-state index in [4.69, 9.17) is 11.6 Å². The largest absolute Gasteiger partial charge is 0.113 e. The van der Waals surface area contributed by atoms with Crippen molar-refractivity contribution in [3.8, 4) is 0 Å². The first-order valence-corrected chi connectivity index (χ1v) is 8.19. The molecule has 0 saturated carbocycles. The van der Waals surface area contributed by atoms with Crippen LogP contribution in [0.5, 0.6) is 0 Å². The maximum Gasteiger partial charge on any atom is 0.0841 e. The molecule has 106 valence electrons. The molecular weight excluding hydrogens is 344 g/mol. The van der Waals surface area contributed by atoms with Gasteiger partial charge in [-0.1, -0.05) is 64.5 Å². The Bertz CT molecular complexity index is 808. The van der Waals surface area contributed by atoms with E-state index in [9.17, 15) is 0 Å². The summed E-state index contributed by atoms with van der Waals surface area (Å²) < 4.78 is 1.10. The predicted molar refractivity (Wildman–Crippen MR) is 95.3 cm³/mol. The molecule has 0 radical (unpaired) electrons. The summed E-state index contributed by atoms with van der Waals surface area (Å²) in [6.07, 6.45) is 0. The first-order valence-electron chi connectivity index (χ1n) is 6.96. The van der Waals surface area contributed by atoms with Crippen LogP contribution in [0, 0.1) is 13.8 Å². The molecule has 0 N–H and O–H groups in total. The molecule has 0 bridgehead atoms. The minimum atomic E-state index is -0.137. The van der Waals surface area contributed by atoms with E-state index in [2.05, 4.69) is 84.4 Å². The lowest BCUT2D eigenvalue weighted by molar-refractivity contribution is 1.14. The Balaban J connectivity index is 2.15. The molecule has 0 aliphatic heterocycles. The summed E-state index contributed by atoms with van der Waals surface area (Å²) in [5, 5.41) is 2.26. The van der Waals surface area contributed by atoms with Gasteiger partial charge in [-0.25, -0.2) is 0 Å². The highest BCUT2D eigenvalue weighted by atomic mass is 79.9. The highest BCUT2D eigenvalue weighted by Gasteiger charge is 2.15. The molecule has 0 nitrogen and oxygen atoms in total. The minimum absolute atomic E-state index is 0.137. The van der Waals surface area contributed by atoms with E-state index in [1.165, 1.54) is 21.9 Å². The van der Waals surface area contributed by atoms with Gasteiger partial charge in [-0.15, -0.1) is 11.6 Å². The highest BCUT2D eigenvalue weighted by Crippen LogP contribution is 2.36. The molecule has 1 unspecified atom stereocenters. The number of fused-ring (bicyclic) bond motifs is 1. The number of rotatable bonds is 2. The lowest BCUT2D eigenvalue weighted by Crippen LogP contribution is -1.96. The second-order valence-corrected chi connectivity index (χ2v) is 6.68. The summed E-state index contributed by atoms with van der Waals surface area (Å²) in [7, 11) is 0. The van der Waals surface area contributed by atoms with Crippen molar-refractivity contribution in [2.45, 2.75) is 19.2 Å². The van der Waals surface area contributed by atoms with Gasteiger partial charge in [0.25, 0.3) is 0 Å². The van der Waals surface area contributed by atoms with Crippen molar-refractivity contribution in [3.63, 3.8) is 0 Å². The van der Waals surface area contributed by atoms with E-state index in [0.29, 0.717) is 0 Å². The van der Waals surface area contributed by atoms with Crippen LogP contribution in [0.15, 0.2) is 59.1 Å². The van der Waals surface area contributed by atoms with Crippen molar-refractivity contribution < 1.29 is 0 Å². The van der Waals surface area contributed by atoms with E-state index < -0.39 is 0 Å². The van der Waals surface area contributed by atoms with E-state index in [0.717, 1.165) is 15.6 Å². The van der Waals surface area contributed by atoms with Gasteiger partial charge in [0.2, 0.25) is 0 Å². The van der Waals surface area contributed by atoms with Crippen LogP contribution in [0.25, 0.3) is 10.8 Å². The van der Waals surface area contributed by atoms with Crippen LogP contribution in [-0.2, 0) is 0 Å². The first-order chi connectivity index (χ1) is 10.1. The fourth-order valence-electron chi connectivity index (χ4n) is 2.61. The van der Waals surface area contributed by atoms with Crippen molar-refractivity contribution in [1.82, 2.24) is 0 Å². The van der Waals surface area contributed by atoms with Gasteiger partial charge in [0, 0.05) is 4.47 Å². The molecule has 3 aromatic rings. The van der Waals surface area contributed by atoms with E-state index in [1.807, 2.05) is 0 Å². The molecule has 0 heterocycles. The van der Waals surface area contributed by atoms with E-state index in [1.54, 1.807) is 0 Å². The molecular formula is C19H16BrCl. The number of halogens is 2. The van der Waals surface area contributed by atoms with Gasteiger partial charge in [-0.2, -0.15) is 0 Å². The third-order valence-electron chi connectivity index (χ3n) is 4.00. The number of hydrogen-bond acceptors (Lipinski definition) is 0. The van der Waals surface area contributed by atoms with Gasteiger partial charge >= 0.3 is 0 Å². The van der Waals surface area contributed by atoms with Gasteiger partial charge < -0.3 is 0 Å².